The van der Waals surface area contributed by atoms with Crippen LogP contribution >= 0.6 is 11.3 Å². The maximum atomic E-state index is 6.07. The first-order valence-corrected chi connectivity index (χ1v) is 6.71. The summed E-state index contributed by atoms with van der Waals surface area (Å²) in [7, 11) is 0. The monoisotopic (exact) mass is 240 g/mol. The van der Waals surface area contributed by atoms with E-state index >= 15 is 0 Å². The molecule has 0 bridgehead atoms. The highest BCUT2D eigenvalue weighted by atomic mass is 32.1. The molecule has 3 N–H and O–H groups in total. The first kappa shape index (κ1) is 12.0. The molecule has 1 aromatic rings. The van der Waals surface area contributed by atoms with E-state index in [-0.39, 0.29) is 11.6 Å². The third kappa shape index (κ3) is 3.04. The van der Waals surface area contributed by atoms with Gasteiger partial charge in [0.25, 0.3) is 0 Å². The van der Waals surface area contributed by atoms with Crippen molar-refractivity contribution in [1.82, 2.24) is 5.32 Å². The predicted molar refractivity (Wildman–Crippen MR) is 67.7 cm³/mol. The van der Waals surface area contributed by atoms with E-state index in [2.05, 4.69) is 23.7 Å². The number of ether oxygens (including phenoxy) is 1. The number of hydrogen-bond acceptors (Lipinski definition) is 4. The summed E-state index contributed by atoms with van der Waals surface area (Å²) in [6.07, 6.45) is 2.32. The zero-order chi connectivity index (χ0) is 11.4. The molecule has 1 fully saturated rings. The molecule has 1 aliphatic heterocycles. The summed E-state index contributed by atoms with van der Waals surface area (Å²) in [4.78, 5) is 1.24. The second-order valence-corrected chi connectivity index (χ2v) is 5.63. The Bertz CT molecular complexity index is 307. The smallest absolute Gasteiger partial charge is 0.0779 e. The highest BCUT2D eigenvalue weighted by Crippen LogP contribution is 2.24. The van der Waals surface area contributed by atoms with Gasteiger partial charge in [-0.25, -0.2) is 0 Å². The van der Waals surface area contributed by atoms with Crippen LogP contribution in [-0.2, 0) is 4.74 Å². The molecule has 0 saturated carbocycles. The van der Waals surface area contributed by atoms with E-state index < -0.39 is 0 Å². The van der Waals surface area contributed by atoms with Gasteiger partial charge in [-0.1, -0.05) is 6.07 Å². The average Bonchev–Trinajstić information content (AvgIpc) is 2.88. The van der Waals surface area contributed by atoms with Crippen molar-refractivity contribution in [2.24, 2.45) is 5.73 Å². The third-order valence-electron chi connectivity index (χ3n) is 3.07. The molecular weight excluding hydrogens is 220 g/mol. The molecule has 1 saturated heterocycles. The topological polar surface area (TPSA) is 47.3 Å². The van der Waals surface area contributed by atoms with Crippen molar-refractivity contribution >= 4 is 11.3 Å². The standard InChI is InChI=1S/C12H20N2OS/c1-12(5-3-6-15-12)9-14-8-10(13)11-4-2-7-16-11/h2,4,7,10,14H,3,5-6,8-9,13H2,1H3. The molecule has 1 aromatic heterocycles. The van der Waals surface area contributed by atoms with E-state index in [4.69, 9.17) is 10.5 Å². The zero-order valence-corrected chi connectivity index (χ0v) is 10.6. The summed E-state index contributed by atoms with van der Waals surface area (Å²) in [6, 6.07) is 4.23. The van der Waals surface area contributed by atoms with Crippen LogP contribution in [0.5, 0.6) is 0 Å². The van der Waals surface area contributed by atoms with Gasteiger partial charge in [-0.05, 0) is 31.2 Å². The lowest BCUT2D eigenvalue weighted by Gasteiger charge is -2.24. The molecule has 0 radical (unpaired) electrons. The first-order valence-electron chi connectivity index (χ1n) is 5.83. The highest BCUT2D eigenvalue weighted by molar-refractivity contribution is 7.10. The van der Waals surface area contributed by atoms with E-state index in [1.54, 1.807) is 11.3 Å². The molecule has 0 aliphatic carbocycles. The minimum atomic E-state index is 0.0230. The lowest BCUT2D eigenvalue weighted by atomic mass is 10.0. The SMILES string of the molecule is CC1(CNCC(N)c2cccs2)CCCO1. The Morgan fingerprint density at radius 2 is 2.56 bits per heavy atom. The normalized spacial score (nSPS) is 27.1. The lowest BCUT2D eigenvalue weighted by Crippen LogP contribution is -2.39. The van der Waals surface area contributed by atoms with E-state index in [1.807, 2.05) is 6.07 Å². The molecule has 2 rings (SSSR count). The molecule has 3 nitrogen and oxygen atoms in total. The van der Waals surface area contributed by atoms with Gasteiger partial charge >= 0.3 is 0 Å². The van der Waals surface area contributed by atoms with Gasteiger partial charge in [0, 0.05) is 24.6 Å². The Kier molecular flexibility index (Phi) is 3.97. The molecule has 16 heavy (non-hydrogen) atoms. The molecule has 4 heteroatoms. The van der Waals surface area contributed by atoms with Crippen LogP contribution in [0.4, 0.5) is 0 Å². The summed E-state index contributed by atoms with van der Waals surface area (Å²) in [5.74, 6) is 0. The van der Waals surface area contributed by atoms with Crippen molar-refractivity contribution in [2.45, 2.75) is 31.4 Å². The second kappa shape index (κ2) is 5.27. The number of nitrogens with one attached hydrogen (secondary N) is 1. The van der Waals surface area contributed by atoms with Crippen LogP contribution in [-0.4, -0.2) is 25.3 Å². The lowest BCUT2D eigenvalue weighted by molar-refractivity contribution is 0.0208. The molecule has 0 spiro atoms. The van der Waals surface area contributed by atoms with Crippen molar-refractivity contribution in [3.05, 3.63) is 22.4 Å². The Hall–Kier alpha value is -0.420. The highest BCUT2D eigenvalue weighted by Gasteiger charge is 2.29. The summed E-state index contributed by atoms with van der Waals surface area (Å²) in [6.45, 7) is 4.78. The predicted octanol–water partition coefficient (Wildman–Crippen LogP) is 1.91. The van der Waals surface area contributed by atoms with Crippen LogP contribution in [0, 0.1) is 0 Å². The summed E-state index contributed by atoms with van der Waals surface area (Å²) in [5.41, 5.74) is 6.10. The van der Waals surface area contributed by atoms with Crippen LogP contribution in [0.1, 0.15) is 30.7 Å². The van der Waals surface area contributed by atoms with Gasteiger partial charge in [0.1, 0.15) is 0 Å². The van der Waals surface area contributed by atoms with Gasteiger partial charge in [-0.3, -0.25) is 0 Å². The quantitative estimate of drug-likeness (QED) is 0.826. The van der Waals surface area contributed by atoms with Gasteiger partial charge in [0.05, 0.1) is 11.6 Å². The third-order valence-corrected chi connectivity index (χ3v) is 4.08. The Balaban J connectivity index is 1.72. The first-order chi connectivity index (χ1) is 7.70. The Morgan fingerprint density at radius 3 is 3.19 bits per heavy atom. The minimum Gasteiger partial charge on any atom is -0.374 e. The van der Waals surface area contributed by atoms with Gasteiger partial charge < -0.3 is 15.8 Å². The maximum Gasteiger partial charge on any atom is 0.0779 e. The molecule has 0 aromatic carbocycles. The van der Waals surface area contributed by atoms with Gasteiger partial charge in [0.2, 0.25) is 0 Å². The van der Waals surface area contributed by atoms with Crippen LogP contribution in [0.25, 0.3) is 0 Å². The van der Waals surface area contributed by atoms with Crippen LogP contribution in [0.15, 0.2) is 17.5 Å². The van der Waals surface area contributed by atoms with Crippen molar-refractivity contribution in [3.63, 3.8) is 0 Å². The maximum absolute atomic E-state index is 6.07. The van der Waals surface area contributed by atoms with Crippen LogP contribution < -0.4 is 11.1 Å². The fourth-order valence-electron chi connectivity index (χ4n) is 2.07. The summed E-state index contributed by atoms with van der Waals surface area (Å²) in [5, 5.41) is 5.48. The Labute approximate surface area is 101 Å². The number of nitrogens with two attached hydrogens (primary N) is 1. The van der Waals surface area contributed by atoms with Crippen molar-refractivity contribution in [2.75, 3.05) is 19.7 Å². The van der Waals surface area contributed by atoms with E-state index in [1.165, 1.54) is 11.3 Å². The van der Waals surface area contributed by atoms with E-state index in [9.17, 15) is 0 Å². The number of thiophene rings is 1. The second-order valence-electron chi connectivity index (χ2n) is 4.65. The van der Waals surface area contributed by atoms with Gasteiger partial charge in [-0.15, -0.1) is 11.3 Å². The van der Waals surface area contributed by atoms with E-state index in [0.29, 0.717) is 0 Å². The minimum absolute atomic E-state index is 0.0230. The van der Waals surface area contributed by atoms with Crippen LogP contribution in [0.2, 0.25) is 0 Å². The van der Waals surface area contributed by atoms with Crippen molar-refractivity contribution < 1.29 is 4.74 Å². The molecular formula is C12H20N2OS. The fourth-order valence-corrected chi connectivity index (χ4v) is 2.80. The fraction of sp³-hybridized carbons (Fsp3) is 0.667. The van der Waals surface area contributed by atoms with Crippen molar-refractivity contribution in [3.8, 4) is 0 Å². The van der Waals surface area contributed by atoms with Gasteiger partial charge in [-0.2, -0.15) is 0 Å². The Morgan fingerprint density at radius 1 is 1.69 bits per heavy atom. The van der Waals surface area contributed by atoms with E-state index in [0.717, 1.165) is 26.1 Å². The van der Waals surface area contributed by atoms with Crippen LogP contribution in [0.3, 0.4) is 0 Å². The van der Waals surface area contributed by atoms with Gasteiger partial charge in [0.15, 0.2) is 0 Å². The summed E-state index contributed by atoms with van der Waals surface area (Å²) < 4.78 is 5.71. The molecule has 2 heterocycles. The van der Waals surface area contributed by atoms with Crippen molar-refractivity contribution in [1.29, 1.82) is 0 Å². The largest absolute Gasteiger partial charge is 0.374 e. The molecule has 90 valence electrons. The summed E-state index contributed by atoms with van der Waals surface area (Å²) >= 11 is 1.72. The average molecular weight is 240 g/mol. The molecule has 0 amide bonds. The number of rotatable bonds is 5. The molecule has 2 atom stereocenters. The zero-order valence-electron chi connectivity index (χ0n) is 9.74. The molecule has 2 unspecified atom stereocenters. The number of hydrogen-bond donors (Lipinski definition) is 2. The molecule has 1 aliphatic rings.